The lowest BCUT2D eigenvalue weighted by Gasteiger charge is -2.06. The number of rotatable bonds is 4. The number of nitrogens with zero attached hydrogens (tertiary/aromatic N) is 1. The largest absolute Gasteiger partial charge is 0.389 e. The smallest absolute Gasteiger partial charge is 0.104 e. The van der Waals surface area contributed by atoms with Crippen LogP contribution in [0.5, 0.6) is 0 Å². The van der Waals surface area contributed by atoms with Gasteiger partial charge in [0.25, 0.3) is 0 Å². The Hall–Kier alpha value is -1.35. The van der Waals surface area contributed by atoms with Crippen LogP contribution in [0.15, 0.2) is 30.5 Å². The SMILES string of the molecule is NC(=S)c1ccc2ccn(CCC3CC3)c2c1. The molecule has 0 atom stereocenters. The van der Waals surface area contributed by atoms with Gasteiger partial charge in [-0.1, -0.05) is 37.2 Å². The quantitative estimate of drug-likeness (QED) is 0.838. The van der Waals surface area contributed by atoms with E-state index in [0.29, 0.717) is 4.99 Å². The highest BCUT2D eigenvalue weighted by atomic mass is 32.1. The van der Waals surface area contributed by atoms with E-state index < -0.39 is 0 Å². The van der Waals surface area contributed by atoms with Crippen LogP contribution in [0.25, 0.3) is 10.9 Å². The van der Waals surface area contributed by atoms with Gasteiger partial charge in [0.2, 0.25) is 0 Å². The third kappa shape index (κ3) is 2.20. The lowest BCUT2D eigenvalue weighted by Crippen LogP contribution is -2.09. The zero-order chi connectivity index (χ0) is 11.8. The fourth-order valence-electron chi connectivity index (χ4n) is 2.26. The Balaban J connectivity index is 1.93. The standard InChI is InChI=1S/C14H16N2S/c15-14(17)12-4-3-11-6-8-16(13(11)9-12)7-5-10-1-2-10/h3-4,6,8-10H,1-2,5,7H2,(H2,15,17). The molecule has 1 aromatic heterocycles. The van der Waals surface area contributed by atoms with E-state index in [1.165, 1.54) is 30.2 Å². The van der Waals surface area contributed by atoms with Gasteiger partial charge in [0, 0.05) is 23.8 Å². The van der Waals surface area contributed by atoms with Crippen molar-refractivity contribution in [2.75, 3.05) is 0 Å². The Labute approximate surface area is 106 Å². The molecule has 1 saturated carbocycles. The summed E-state index contributed by atoms with van der Waals surface area (Å²) in [6.45, 7) is 1.11. The minimum atomic E-state index is 0.474. The first-order valence-corrected chi connectivity index (χ1v) is 6.53. The van der Waals surface area contributed by atoms with Crippen LogP contribution >= 0.6 is 12.2 Å². The van der Waals surface area contributed by atoms with Crippen molar-refractivity contribution in [3.8, 4) is 0 Å². The number of nitrogens with two attached hydrogens (primary N) is 1. The molecule has 88 valence electrons. The molecule has 3 heteroatoms. The van der Waals surface area contributed by atoms with E-state index in [1.54, 1.807) is 0 Å². The fraction of sp³-hybridized carbons (Fsp3) is 0.357. The summed E-state index contributed by atoms with van der Waals surface area (Å²) in [6, 6.07) is 8.35. The van der Waals surface area contributed by atoms with Crippen LogP contribution in [0.2, 0.25) is 0 Å². The molecule has 2 nitrogen and oxygen atoms in total. The number of aromatic nitrogens is 1. The molecular formula is C14H16N2S. The monoisotopic (exact) mass is 244 g/mol. The molecule has 0 radical (unpaired) electrons. The Morgan fingerprint density at radius 3 is 2.88 bits per heavy atom. The molecule has 0 amide bonds. The number of hydrogen-bond acceptors (Lipinski definition) is 1. The van der Waals surface area contributed by atoms with Crippen molar-refractivity contribution in [2.24, 2.45) is 11.7 Å². The molecular weight excluding hydrogens is 228 g/mol. The summed E-state index contributed by atoms with van der Waals surface area (Å²) in [5, 5.41) is 1.26. The predicted molar refractivity (Wildman–Crippen MR) is 75.2 cm³/mol. The van der Waals surface area contributed by atoms with E-state index in [0.717, 1.165) is 18.0 Å². The number of benzene rings is 1. The number of thiocarbonyl (C=S) groups is 1. The van der Waals surface area contributed by atoms with Crippen molar-refractivity contribution in [1.29, 1.82) is 0 Å². The van der Waals surface area contributed by atoms with Crippen LogP contribution in [0, 0.1) is 5.92 Å². The summed E-state index contributed by atoms with van der Waals surface area (Å²) >= 11 is 5.03. The van der Waals surface area contributed by atoms with Gasteiger partial charge in [-0.05, 0) is 29.9 Å². The fourth-order valence-corrected chi connectivity index (χ4v) is 2.39. The third-order valence-corrected chi connectivity index (χ3v) is 3.77. The molecule has 0 aliphatic heterocycles. The molecule has 2 aromatic rings. The van der Waals surface area contributed by atoms with Crippen LogP contribution in [0.4, 0.5) is 0 Å². The second-order valence-corrected chi connectivity index (χ2v) is 5.32. The topological polar surface area (TPSA) is 30.9 Å². The van der Waals surface area contributed by atoms with Gasteiger partial charge in [-0.2, -0.15) is 0 Å². The van der Waals surface area contributed by atoms with Crippen molar-refractivity contribution < 1.29 is 0 Å². The van der Waals surface area contributed by atoms with Crippen molar-refractivity contribution in [2.45, 2.75) is 25.8 Å². The molecule has 1 aliphatic carbocycles. The second-order valence-electron chi connectivity index (χ2n) is 4.88. The third-order valence-electron chi connectivity index (χ3n) is 3.53. The van der Waals surface area contributed by atoms with Gasteiger partial charge in [0.15, 0.2) is 0 Å². The highest BCUT2D eigenvalue weighted by Crippen LogP contribution is 2.33. The molecule has 0 bridgehead atoms. The maximum absolute atomic E-state index is 5.68. The van der Waals surface area contributed by atoms with Crippen molar-refractivity contribution in [3.05, 3.63) is 36.0 Å². The Bertz CT molecular complexity index is 567. The summed E-state index contributed by atoms with van der Waals surface area (Å²) in [5.41, 5.74) is 7.88. The van der Waals surface area contributed by atoms with E-state index in [1.807, 2.05) is 6.07 Å². The Morgan fingerprint density at radius 2 is 2.18 bits per heavy atom. The summed E-state index contributed by atoms with van der Waals surface area (Å²) in [4.78, 5) is 0.474. The highest BCUT2D eigenvalue weighted by Gasteiger charge is 2.20. The molecule has 1 aliphatic rings. The second kappa shape index (κ2) is 4.15. The van der Waals surface area contributed by atoms with Gasteiger partial charge in [-0.3, -0.25) is 0 Å². The normalized spacial score (nSPS) is 15.3. The lowest BCUT2D eigenvalue weighted by atomic mass is 10.1. The Kier molecular flexibility index (Phi) is 2.63. The van der Waals surface area contributed by atoms with Crippen molar-refractivity contribution in [3.63, 3.8) is 0 Å². The highest BCUT2D eigenvalue weighted by molar-refractivity contribution is 7.80. The van der Waals surface area contributed by atoms with E-state index in [9.17, 15) is 0 Å². The Morgan fingerprint density at radius 1 is 1.35 bits per heavy atom. The average molecular weight is 244 g/mol. The van der Waals surface area contributed by atoms with Gasteiger partial charge in [-0.15, -0.1) is 0 Å². The minimum Gasteiger partial charge on any atom is -0.389 e. The first kappa shape index (κ1) is 10.8. The maximum Gasteiger partial charge on any atom is 0.104 e. The first-order valence-electron chi connectivity index (χ1n) is 6.13. The van der Waals surface area contributed by atoms with Gasteiger partial charge in [0.1, 0.15) is 4.99 Å². The summed E-state index contributed by atoms with van der Waals surface area (Å²) in [7, 11) is 0. The molecule has 1 aromatic carbocycles. The summed E-state index contributed by atoms with van der Waals surface area (Å²) in [5.74, 6) is 0.964. The minimum absolute atomic E-state index is 0.474. The summed E-state index contributed by atoms with van der Waals surface area (Å²) < 4.78 is 2.31. The zero-order valence-corrected chi connectivity index (χ0v) is 10.5. The number of aryl methyl sites for hydroxylation is 1. The van der Waals surface area contributed by atoms with Crippen LogP contribution in [0.3, 0.4) is 0 Å². The van der Waals surface area contributed by atoms with E-state index in [4.69, 9.17) is 18.0 Å². The van der Waals surface area contributed by atoms with E-state index in [-0.39, 0.29) is 0 Å². The van der Waals surface area contributed by atoms with Crippen molar-refractivity contribution in [1.82, 2.24) is 4.57 Å². The average Bonchev–Trinajstić information content (AvgIpc) is 3.06. The first-order chi connectivity index (χ1) is 8.24. The number of hydrogen-bond donors (Lipinski definition) is 1. The van der Waals surface area contributed by atoms with Crippen LogP contribution in [0.1, 0.15) is 24.8 Å². The van der Waals surface area contributed by atoms with Gasteiger partial charge in [-0.25, -0.2) is 0 Å². The molecule has 3 rings (SSSR count). The molecule has 2 N–H and O–H groups in total. The number of fused-ring (bicyclic) bond motifs is 1. The van der Waals surface area contributed by atoms with Gasteiger partial charge in [0.05, 0.1) is 0 Å². The van der Waals surface area contributed by atoms with E-state index in [2.05, 4.69) is 29.0 Å². The molecule has 0 saturated heterocycles. The molecule has 1 heterocycles. The molecule has 17 heavy (non-hydrogen) atoms. The van der Waals surface area contributed by atoms with Crippen LogP contribution in [-0.2, 0) is 6.54 Å². The van der Waals surface area contributed by atoms with Crippen LogP contribution < -0.4 is 5.73 Å². The molecule has 0 spiro atoms. The van der Waals surface area contributed by atoms with E-state index >= 15 is 0 Å². The van der Waals surface area contributed by atoms with Gasteiger partial charge >= 0.3 is 0 Å². The predicted octanol–water partition coefficient (Wildman–Crippen LogP) is 3.08. The van der Waals surface area contributed by atoms with Crippen LogP contribution in [-0.4, -0.2) is 9.56 Å². The van der Waals surface area contributed by atoms with Crippen molar-refractivity contribution >= 4 is 28.1 Å². The van der Waals surface area contributed by atoms with Gasteiger partial charge < -0.3 is 10.3 Å². The maximum atomic E-state index is 5.68. The molecule has 0 unspecified atom stereocenters. The lowest BCUT2D eigenvalue weighted by molar-refractivity contribution is 0.611. The zero-order valence-electron chi connectivity index (χ0n) is 9.73. The molecule has 1 fully saturated rings. The summed E-state index contributed by atoms with van der Waals surface area (Å²) in [6.07, 6.45) is 6.28.